The fourth-order valence-corrected chi connectivity index (χ4v) is 1.42. The van der Waals surface area contributed by atoms with Crippen LogP contribution >= 0.6 is 0 Å². The van der Waals surface area contributed by atoms with Crippen molar-refractivity contribution in [2.24, 2.45) is 0 Å². The summed E-state index contributed by atoms with van der Waals surface area (Å²) in [7, 11) is 1.66. The van der Waals surface area contributed by atoms with Gasteiger partial charge in [-0.05, 0) is 0 Å². The van der Waals surface area contributed by atoms with Gasteiger partial charge in [-0.25, -0.2) is 0 Å². The Morgan fingerprint density at radius 1 is 0.857 bits per heavy atom. The molecule has 2 rings (SSSR count). The maximum Gasteiger partial charge on any atom is 0.244 e. The standard InChI is InChI=1S/C7H12B2O5/c10-5(6-11-1-8-2-12-6)7-13-3-9-4-14-7/h6-9H,1-4H2. The van der Waals surface area contributed by atoms with Crippen LogP contribution in [-0.2, 0) is 23.7 Å². The van der Waals surface area contributed by atoms with Crippen LogP contribution in [0.2, 0.25) is 0 Å². The van der Waals surface area contributed by atoms with Gasteiger partial charge in [0, 0.05) is 26.0 Å². The lowest BCUT2D eigenvalue weighted by Crippen LogP contribution is -2.46. The number of carbonyl (C=O) groups is 1. The third kappa shape index (κ3) is 2.36. The van der Waals surface area contributed by atoms with E-state index in [1.807, 2.05) is 0 Å². The predicted octanol–water partition coefficient (Wildman–Crippen LogP) is -2.00. The van der Waals surface area contributed by atoms with Gasteiger partial charge in [0.15, 0.2) is 14.6 Å². The zero-order valence-electron chi connectivity index (χ0n) is 7.94. The van der Waals surface area contributed by atoms with E-state index < -0.39 is 12.6 Å². The zero-order valence-corrected chi connectivity index (χ0v) is 7.94. The highest BCUT2D eigenvalue weighted by Crippen LogP contribution is 2.09. The lowest BCUT2D eigenvalue weighted by Gasteiger charge is -2.27. The van der Waals surface area contributed by atoms with Gasteiger partial charge in [0.1, 0.15) is 0 Å². The Morgan fingerprint density at radius 3 is 1.57 bits per heavy atom. The van der Waals surface area contributed by atoms with Crippen molar-refractivity contribution in [1.82, 2.24) is 0 Å². The Kier molecular flexibility index (Phi) is 3.58. The molecule has 0 amide bonds. The van der Waals surface area contributed by atoms with Crippen molar-refractivity contribution < 1.29 is 23.7 Å². The number of hydrogen-bond donors (Lipinski definition) is 0. The van der Waals surface area contributed by atoms with E-state index in [-0.39, 0.29) is 5.78 Å². The van der Waals surface area contributed by atoms with Gasteiger partial charge >= 0.3 is 0 Å². The van der Waals surface area contributed by atoms with Crippen molar-refractivity contribution in [3.05, 3.63) is 0 Å². The molecule has 5 nitrogen and oxygen atoms in total. The lowest BCUT2D eigenvalue weighted by atomic mass is 9.81. The van der Waals surface area contributed by atoms with Crippen molar-refractivity contribution in [3.63, 3.8) is 0 Å². The molecule has 0 aliphatic carbocycles. The molecule has 7 heteroatoms. The van der Waals surface area contributed by atoms with E-state index in [0.717, 1.165) is 14.6 Å². The molecule has 14 heavy (non-hydrogen) atoms. The molecule has 2 heterocycles. The van der Waals surface area contributed by atoms with Crippen molar-refractivity contribution in [2.75, 3.05) is 26.0 Å². The van der Waals surface area contributed by atoms with Gasteiger partial charge in [0.05, 0.1) is 0 Å². The summed E-state index contributed by atoms with van der Waals surface area (Å²) < 4.78 is 20.6. The summed E-state index contributed by atoms with van der Waals surface area (Å²) in [5.41, 5.74) is 0. The van der Waals surface area contributed by atoms with E-state index in [4.69, 9.17) is 18.9 Å². The maximum atomic E-state index is 11.7. The SMILES string of the molecule is O=C(C1OCBCO1)C1OCBCO1. The van der Waals surface area contributed by atoms with E-state index in [2.05, 4.69) is 0 Å². The monoisotopic (exact) mass is 198 g/mol. The molecular weight excluding hydrogens is 186 g/mol. The summed E-state index contributed by atoms with van der Waals surface area (Å²) in [6, 6.07) is 0. The Bertz CT molecular complexity index is 180. The summed E-state index contributed by atoms with van der Waals surface area (Å²) >= 11 is 0. The van der Waals surface area contributed by atoms with Crippen LogP contribution in [-0.4, -0.2) is 58.9 Å². The van der Waals surface area contributed by atoms with Crippen molar-refractivity contribution in [1.29, 1.82) is 0 Å². The first kappa shape index (κ1) is 10.2. The average Bonchev–Trinajstić information content (AvgIpc) is 2.30. The highest BCUT2D eigenvalue weighted by atomic mass is 16.7. The fourth-order valence-electron chi connectivity index (χ4n) is 1.42. The number of ether oxygens (including phenoxy) is 4. The van der Waals surface area contributed by atoms with Crippen LogP contribution in [0.3, 0.4) is 0 Å². The summed E-state index contributed by atoms with van der Waals surface area (Å²) in [5.74, 6) is -0.260. The second-order valence-corrected chi connectivity index (χ2v) is 3.26. The second kappa shape index (κ2) is 4.93. The minimum Gasteiger partial charge on any atom is -0.355 e. The minimum absolute atomic E-state index is 0.260. The number of rotatable bonds is 2. The van der Waals surface area contributed by atoms with Gasteiger partial charge in [-0.2, -0.15) is 0 Å². The third-order valence-corrected chi connectivity index (χ3v) is 2.12. The highest BCUT2D eigenvalue weighted by molar-refractivity contribution is 6.35. The molecule has 0 spiro atoms. The van der Waals surface area contributed by atoms with Crippen LogP contribution in [0.4, 0.5) is 0 Å². The number of ketones is 1. The molecule has 0 aromatic carbocycles. The van der Waals surface area contributed by atoms with E-state index in [1.54, 1.807) is 0 Å². The molecule has 0 atom stereocenters. The van der Waals surface area contributed by atoms with Gasteiger partial charge in [-0.15, -0.1) is 0 Å². The molecule has 0 radical (unpaired) electrons. The van der Waals surface area contributed by atoms with Gasteiger partial charge in [0.25, 0.3) is 0 Å². The Labute approximate surface area is 83.5 Å². The topological polar surface area (TPSA) is 54.0 Å². The summed E-state index contributed by atoms with van der Waals surface area (Å²) in [6.07, 6.45) is -1.60. The van der Waals surface area contributed by atoms with E-state index in [1.165, 1.54) is 0 Å². The fraction of sp³-hybridized carbons (Fsp3) is 0.857. The van der Waals surface area contributed by atoms with Crippen LogP contribution < -0.4 is 0 Å². The van der Waals surface area contributed by atoms with Gasteiger partial charge in [-0.3, -0.25) is 4.79 Å². The van der Waals surface area contributed by atoms with E-state index >= 15 is 0 Å². The largest absolute Gasteiger partial charge is 0.355 e. The molecule has 76 valence electrons. The van der Waals surface area contributed by atoms with Crippen LogP contribution in [0.15, 0.2) is 0 Å². The summed E-state index contributed by atoms with van der Waals surface area (Å²) in [4.78, 5) is 11.7. The lowest BCUT2D eigenvalue weighted by molar-refractivity contribution is -0.203. The Balaban J connectivity index is 1.85. The van der Waals surface area contributed by atoms with Crippen molar-refractivity contribution in [3.8, 4) is 0 Å². The zero-order chi connectivity index (χ0) is 9.80. The smallest absolute Gasteiger partial charge is 0.244 e. The number of carbonyl (C=O) groups excluding carboxylic acids is 1. The van der Waals surface area contributed by atoms with Crippen molar-refractivity contribution in [2.45, 2.75) is 12.6 Å². The number of Topliss-reactive ketones (excluding diaryl/α,β-unsaturated/α-hetero) is 1. The Hall–Kier alpha value is -0.360. The van der Waals surface area contributed by atoms with E-state index in [0.29, 0.717) is 26.0 Å². The normalized spacial score (nSPS) is 25.1. The van der Waals surface area contributed by atoms with Crippen LogP contribution in [0.5, 0.6) is 0 Å². The van der Waals surface area contributed by atoms with Gasteiger partial charge in [0.2, 0.25) is 18.4 Å². The second-order valence-electron chi connectivity index (χ2n) is 3.26. The van der Waals surface area contributed by atoms with Crippen LogP contribution in [0.1, 0.15) is 0 Å². The van der Waals surface area contributed by atoms with Gasteiger partial charge in [-0.1, -0.05) is 0 Å². The minimum atomic E-state index is -0.799. The highest BCUT2D eigenvalue weighted by Gasteiger charge is 2.33. The predicted molar refractivity (Wildman–Crippen MR) is 50.7 cm³/mol. The molecule has 2 aliphatic heterocycles. The van der Waals surface area contributed by atoms with Crippen LogP contribution in [0, 0.1) is 0 Å². The first-order chi connectivity index (χ1) is 6.88. The van der Waals surface area contributed by atoms with E-state index in [9.17, 15) is 4.79 Å². The number of hydrogen-bond acceptors (Lipinski definition) is 5. The van der Waals surface area contributed by atoms with Gasteiger partial charge < -0.3 is 18.9 Å². The average molecular weight is 198 g/mol. The summed E-state index contributed by atoms with van der Waals surface area (Å²) in [5, 5.41) is 0. The molecule has 2 saturated heterocycles. The molecule has 0 unspecified atom stereocenters. The molecule has 0 N–H and O–H groups in total. The third-order valence-electron chi connectivity index (χ3n) is 2.12. The maximum absolute atomic E-state index is 11.7. The van der Waals surface area contributed by atoms with Crippen LogP contribution in [0.25, 0.3) is 0 Å². The molecule has 2 aliphatic rings. The summed E-state index contributed by atoms with van der Waals surface area (Å²) in [6.45, 7) is 2.23. The Morgan fingerprint density at radius 2 is 1.21 bits per heavy atom. The molecule has 0 bridgehead atoms. The first-order valence-corrected chi connectivity index (χ1v) is 4.88. The molecule has 0 aromatic rings. The quantitative estimate of drug-likeness (QED) is 0.480. The van der Waals surface area contributed by atoms with Crippen molar-refractivity contribution >= 4 is 20.3 Å². The first-order valence-electron chi connectivity index (χ1n) is 4.88. The molecule has 0 aromatic heterocycles. The molecule has 2 fully saturated rings. The molecule has 0 saturated carbocycles. The molecular formula is C7H12B2O5.